The molecule has 118 valence electrons. The van der Waals surface area contributed by atoms with E-state index in [1.165, 1.54) is 16.7 Å². The second-order valence-corrected chi connectivity index (χ2v) is 6.18. The largest absolute Gasteiger partial charge is 0.358 e. The predicted molar refractivity (Wildman–Crippen MR) is 85.0 cm³/mol. The quantitative estimate of drug-likeness (QED) is 0.779. The van der Waals surface area contributed by atoms with Crippen LogP contribution in [0.25, 0.3) is 10.9 Å². The summed E-state index contributed by atoms with van der Waals surface area (Å²) in [6.45, 7) is 3.06. The number of nitrogens with one attached hydrogen (secondary N) is 1. The van der Waals surface area contributed by atoms with Crippen molar-refractivity contribution < 1.29 is 4.79 Å². The van der Waals surface area contributed by atoms with Crippen molar-refractivity contribution in [2.45, 2.75) is 25.9 Å². The minimum Gasteiger partial charge on any atom is -0.358 e. The van der Waals surface area contributed by atoms with Gasteiger partial charge in [0.25, 0.3) is 0 Å². The van der Waals surface area contributed by atoms with Gasteiger partial charge in [-0.05, 0) is 35.5 Å². The van der Waals surface area contributed by atoms with E-state index in [1.54, 1.807) is 6.92 Å². The number of nitrogens with zero attached hydrogens (tertiary/aromatic N) is 5. The summed E-state index contributed by atoms with van der Waals surface area (Å²) in [7, 11) is 0. The Bertz CT molecular complexity index is 872. The number of H-pyrrole nitrogens is 1. The van der Waals surface area contributed by atoms with Crippen molar-refractivity contribution in [3.8, 4) is 0 Å². The number of hydrogen-bond donors (Lipinski definition) is 1. The molecule has 4 rings (SSSR count). The van der Waals surface area contributed by atoms with Crippen molar-refractivity contribution in [1.29, 1.82) is 0 Å². The lowest BCUT2D eigenvalue weighted by atomic mass is 10.0. The number of hydrogen-bond acceptors (Lipinski definition) is 4. The number of benzene rings is 1. The van der Waals surface area contributed by atoms with Crippen LogP contribution in [0.2, 0.25) is 5.02 Å². The van der Waals surface area contributed by atoms with Crippen LogP contribution in [0.1, 0.15) is 24.2 Å². The molecule has 3 heterocycles. The Labute approximate surface area is 137 Å². The molecule has 0 fully saturated rings. The van der Waals surface area contributed by atoms with Crippen LogP contribution in [0.3, 0.4) is 0 Å². The molecule has 0 bridgehead atoms. The molecule has 0 aliphatic carbocycles. The molecule has 1 aromatic carbocycles. The van der Waals surface area contributed by atoms with Crippen molar-refractivity contribution in [3.05, 3.63) is 40.8 Å². The van der Waals surface area contributed by atoms with Gasteiger partial charge in [0, 0.05) is 46.7 Å². The third-order valence-corrected chi connectivity index (χ3v) is 4.60. The maximum atomic E-state index is 12.7. The Morgan fingerprint density at radius 3 is 3.09 bits per heavy atom. The molecule has 0 saturated heterocycles. The second-order valence-electron chi connectivity index (χ2n) is 5.75. The lowest BCUT2D eigenvalue weighted by Crippen LogP contribution is -2.39. The lowest BCUT2D eigenvalue weighted by Gasteiger charge is -2.29. The van der Waals surface area contributed by atoms with Crippen LogP contribution in [0.5, 0.6) is 0 Å². The zero-order valence-corrected chi connectivity index (χ0v) is 13.3. The molecule has 2 aromatic heterocycles. The molecule has 8 heteroatoms. The van der Waals surface area contributed by atoms with Crippen LogP contribution >= 0.6 is 11.6 Å². The summed E-state index contributed by atoms with van der Waals surface area (Å²) < 4.78 is 1.48. The molecule has 0 saturated carbocycles. The summed E-state index contributed by atoms with van der Waals surface area (Å²) >= 11 is 6.12. The third kappa shape index (κ3) is 2.37. The predicted octanol–water partition coefficient (Wildman–Crippen LogP) is 1.95. The Morgan fingerprint density at radius 2 is 2.30 bits per heavy atom. The van der Waals surface area contributed by atoms with Gasteiger partial charge in [0.2, 0.25) is 5.91 Å². The van der Waals surface area contributed by atoms with Crippen molar-refractivity contribution in [1.82, 2.24) is 30.1 Å². The molecule has 1 N–H and O–H groups in total. The highest BCUT2D eigenvalue weighted by Gasteiger charge is 2.28. The molecule has 1 atom stereocenters. The van der Waals surface area contributed by atoms with Crippen LogP contribution in [0, 0.1) is 0 Å². The molecule has 3 aromatic rings. The number of fused-ring (bicyclic) bond motifs is 3. The molecule has 23 heavy (non-hydrogen) atoms. The topological polar surface area (TPSA) is 79.7 Å². The molecule has 1 unspecified atom stereocenters. The highest BCUT2D eigenvalue weighted by atomic mass is 35.5. The molecule has 7 nitrogen and oxygen atoms in total. The van der Waals surface area contributed by atoms with Gasteiger partial charge in [-0.25, -0.2) is 4.68 Å². The molecular formula is C15H15ClN6O. The number of carbonyl (C=O) groups excluding carboxylic acids is 1. The van der Waals surface area contributed by atoms with Crippen molar-refractivity contribution in [2.75, 3.05) is 6.54 Å². The van der Waals surface area contributed by atoms with Gasteiger partial charge in [-0.3, -0.25) is 4.79 Å². The van der Waals surface area contributed by atoms with Crippen LogP contribution in [-0.2, 0) is 17.8 Å². The smallest absolute Gasteiger partial charge is 0.247 e. The fraction of sp³-hybridized carbons (Fsp3) is 0.333. The molecular weight excluding hydrogens is 316 g/mol. The second kappa shape index (κ2) is 5.34. The number of carbonyl (C=O) groups is 1. The highest BCUT2D eigenvalue weighted by Crippen LogP contribution is 2.30. The van der Waals surface area contributed by atoms with Gasteiger partial charge in [0.1, 0.15) is 12.4 Å². The monoisotopic (exact) mass is 330 g/mol. The van der Waals surface area contributed by atoms with Crippen molar-refractivity contribution in [3.63, 3.8) is 0 Å². The first-order valence-corrected chi connectivity index (χ1v) is 7.81. The SMILES string of the molecule is CC(C(=O)N1CCc2[nH]c3ccc(Cl)cc3c2C1)n1cnnn1. The minimum atomic E-state index is -0.416. The summed E-state index contributed by atoms with van der Waals surface area (Å²) in [6.07, 6.45) is 2.26. The van der Waals surface area contributed by atoms with E-state index in [-0.39, 0.29) is 5.91 Å². The van der Waals surface area contributed by atoms with E-state index in [2.05, 4.69) is 20.5 Å². The normalized spacial score (nSPS) is 15.7. The van der Waals surface area contributed by atoms with Crippen LogP contribution in [0.15, 0.2) is 24.5 Å². The summed E-state index contributed by atoms with van der Waals surface area (Å²) in [5.74, 6) is 0.0133. The first-order chi connectivity index (χ1) is 11.1. The minimum absolute atomic E-state index is 0.0133. The van der Waals surface area contributed by atoms with Gasteiger partial charge >= 0.3 is 0 Å². The standard InChI is InChI=1S/C15H15ClN6O/c1-9(22-8-17-19-20-22)15(23)21-5-4-14-12(7-21)11-6-10(16)2-3-13(11)18-14/h2-3,6,8-9,18H,4-5,7H2,1H3. The highest BCUT2D eigenvalue weighted by molar-refractivity contribution is 6.31. The summed E-state index contributed by atoms with van der Waals surface area (Å²) in [5, 5.41) is 12.8. The summed E-state index contributed by atoms with van der Waals surface area (Å²) in [5.41, 5.74) is 3.38. The molecule has 0 radical (unpaired) electrons. The fourth-order valence-electron chi connectivity index (χ4n) is 3.10. The van der Waals surface area contributed by atoms with E-state index in [0.717, 1.165) is 22.9 Å². The Morgan fingerprint density at radius 1 is 1.43 bits per heavy atom. The van der Waals surface area contributed by atoms with Crippen LogP contribution < -0.4 is 0 Å². The lowest BCUT2D eigenvalue weighted by molar-refractivity contribution is -0.135. The van der Waals surface area contributed by atoms with E-state index in [1.807, 2.05) is 23.1 Å². The van der Waals surface area contributed by atoms with Gasteiger partial charge < -0.3 is 9.88 Å². The zero-order valence-electron chi connectivity index (χ0n) is 12.5. The van der Waals surface area contributed by atoms with Gasteiger partial charge in [-0.2, -0.15) is 0 Å². The number of rotatable bonds is 2. The van der Waals surface area contributed by atoms with Gasteiger partial charge in [-0.15, -0.1) is 5.10 Å². The van der Waals surface area contributed by atoms with Crippen LogP contribution in [-0.4, -0.2) is 42.5 Å². The molecule has 0 spiro atoms. The first kappa shape index (κ1) is 14.2. The van der Waals surface area contributed by atoms with Crippen molar-refractivity contribution in [2.24, 2.45) is 0 Å². The average molecular weight is 331 g/mol. The van der Waals surface area contributed by atoms with Crippen LogP contribution in [0.4, 0.5) is 0 Å². The number of tetrazole rings is 1. The average Bonchev–Trinajstić information content (AvgIpc) is 3.20. The maximum Gasteiger partial charge on any atom is 0.247 e. The van der Waals surface area contributed by atoms with E-state index >= 15 is 0 Å². The Balaban J connectivity index is 1.64. The number of halogens is 1. The molecule has 1 aliphatic heterocycles. The number of amides is 1. The Kier molecular flexibility index (Phi) is 3.30. The van der Waals surface area contributed by atoms with E-state index in [4.69, 9.17) is 11.6 Å². The zero-order chi connectivity index (χ0) is 16.0. The number of aromatic nitrogens is 5. The van der Waals surface area contributed by atoms with Gasteiger partial charge in [0.15, 0.2) is 0 Å². The summed E-state index contributed by atoms with van der Waals surface area (Å²) in [4.78, 5) is 18.0. The Hall–Kier alpha value is -2.41. The third-order valence-electron chi connectivity index (χ3n) is 4.37. The van der Waals surface area contributed by atoms with Gasteiger partial charge in [0.05, 0.1) is 0 Å². The van der Waals surface area contributed by atoms with E-state index in [0.29, 0.717) is 18.1 Å². The van der Waals surface area contributed by atoms with Gasteiger partial charge in [-0.1, -0.05) is 11.6 Å². The maximum absolute atomic E-state index is 12.7. The molecule has 1 amide bonds. The first-order valence-electron chi connectivity index (χ1n) is 7.43. The number of aromatic amines is 1. The molecule has 1 aliphatic rings. The van der Waals surface area contributed by atoms with Crippen molar-refractivity contribution >= 4 is 28.4 Å². The van der Waals surface area contributed by atoms with E-state index < -0.39 is 6.04 Å². The van der Waals surface area contributed by atoms with E-state index in [9.17, 15) is 4.79 Å². The fourth-order valence-corrected chi connectivity index (χ4v) is 3.27. The summed E-state index contributed by atoms with van der Waals surface area (Å²) in [6, 6.07) is 5.38.